The van der Waals surface area contributed by atoms with Crippen LogP contribution < -0.4 is 4.74 Å². The van der Waals surface area contributed by atoms with Crippen LogP contribution in [0.4, 0.5) is 4.39 Å². The SMILES string of the molecule is CC(C)C(C)Oc1cc(F)cc(C(C)(C)C)c1. The summed E-state index contributed by atoms with van der Waals surface area (Å²) in [6.45, 7) is 12.4. The Kier molecular flexibility index (Phi) is 4.18. The van der Waals surface area contributed by atoms with Crippen molar-refractivity contribution in [2.24, 2.45) is 5.92 Å². The van der Waals surface area contributed by atoms with Crippen LogP contribution >= 0.6 is 0 Å². The summed E-state index contributed by atoms with van der Waals surface area (Å²) < 4.78 is 19.3. The van der Waals surface area contributed by atoms with E-state index in [9.17, 15) is 4.39 Å². The number of hydrogen-bond donors (Lipinski definition) is 0. The predicted molar refractivity (Wildman–Crippen MR) is 70.0 cm³/mol. The molecule has 0 aliphatic heterocycles. The van der Waals surface area contributed by atoms with E-state index in [1.54, 1.807) is 6.07 Å². The van der Waals surface area contributed by atoms with Gasteiger partial charge in [-0.15, -0.1) is 0 Å². The van der Waals surface area contributed by atoms with Gasteiger partial charge < -0.3 is 4.74 Å². The lowest BCUT2D eigenvalue weighted by Gasteiger charge is -2.22. The number of ether oxygens (including phenoxy) is 1. The van der Waals surface area contributed by atoms with Crippen LogP contribution in [0.3, 0.4) is 0 Å². The molecule has 0 radical (unpaired) electrons. The summed E-state index contributed by atoms with van der Waals surface area (Å²) in [6, 6.07) is 4.96. The van der Waals surface area contributed by atoms with Gasteiger partial charge in [0.2, 0.25) is 0 Å². The molecule has 1 unspecified atom stereocenters. The van der Waals surface area contributed by atoms with Crippen molar-refractivity contribution in [2.45, 2.75) is 53.1 Å². The highest BCUT2D eigenvalue weighted by atomic mass is 19.1. The maximum Gasteiger partial charge on any atom is 0.127 e. The molecule has 1 atom stereocenters. The van der Waals surface area contributed by atoms with E-state index in [0.717, 1.165) is 5.56 Å². The van der Waals surface area contributed by atoms with Gasteiger partial charge in [0.05, 0.1) is 6.10 Å². The summed E-state index contributed by atoms with van der Waals surface area (Å²) in [7, 11) is 0. The van der Waals surface area contributed by atoms with E-state index in [1.807, 2.05) is 13.0 Å². The van der Waals surface area contributed by atoms with Crippen LogP contribution in [-0.4, -0.2) is 6.10 Å². The zero-order valence-corrected chi connectivity index (χ0v) is 11.7. The van der Waals surface area contributed by atoms with Crippen molar-refractivity contribution in [3.63, 3.8) is 0 Å². The molecule has 17 heavy (non-hydrogen) atoms. The van der Waals surface area contributed by atoms with Crippen LogP contribution in [0.5, 0.6) is 5.75 Å². The molecule has 0 N–H and O–H groups in total. The first kappa shape index (κ1) is 14.0. The Labute approximate surface area is 104 Å². The molecule has 0 aromatic heterocycles. The predicted octanol–water partition coefficient (Wildman–Crippen LogP) is 4.55. The third kappa shape index (κ3) is 4.03. The molecule has 0 aliphatic carbocycles. The van der Waals surface area contributed by atoms with Gasteiger partial charge in [0.1, 0.15) is 11.6 Å². The minimum atomic E-state index is -0.233. The number of rotatable bonds is 3. The van der Waals surface area contributed by atoms with Gasteiger partial charge in [-0.05, 0) is 36.0 Å². The van der Waals surface area contributed by atoms with Crippen LogP contribution in [0.2, 0.25) is 0 Å². The summed E-state index contributed by atoms with van der Waals surface area (Å²) in [5, 5.41) is 0. The van der Waals surface area contributed by atoms with Crippen molar-refractivity contribution in [3.05, 3.63) is 29.6 Å². The highest BCUT2D eigenvalue weighted by Gasteiger charge is 2.17. The molecule has 0 amide bonds. The number of halogens is 1. The highest BCUT2D eigenvalue weighted by Crippen LogP contribution is 2.28. The van der Waals surface area contributed by atoms with Crippen molar-refractivity contribution >= 4 is 0 Å². The fourth-order valence-electron chi connectivity index (χ4n) is 1.41. The second-order valence-electron chi connectivity index (χ2n) is 5.99. The molecule has 96 valence electrons. The molecule has 1 rings (SSSR count). The molecule has 0 bridgehead atoms. The Morgan fingerprint density at radius 1 is 1.06 bits per heavy atom. The van der Waals surface area contributed by atoms with Crippen LogP contribution in [-0.2, 0) is 5.41 Å². The number of benzene rings is 1. The first-order valence-corrected chi connectivity index (χ1v) is 6.18. The van der Waals surface area contributed by atoms with Crippen molar-refractivity contribution in [3.8, 4) is 5.75 Å². The molecular weight excluding hydrogens is 215 g/mol. The molecule has 0 saturated carbocycles. The summed E-state index contributed by atoms with van der Waals surface area (Å²) in [5.74, 6) is 0.802. The average Bonchev–Trinajstić information content (AvgIpc) is 2.15. The second-order valence-corrected chi connectivity index (χ2v) is 5.99. The van der Waals surface area contributed by atoms with E-state index in [1.165, 1.54) is 6.07 Å². The fourth-order valence-corrected chi connectivity index (χ4v) is 1.41. The maximum atomic E-state index is 13.5. The van der Waals surface area contributed by atoms with Gasteiger partial charge in [0.15, 0.2) is 0 Å². The van der Waals surface area contributed by atoms with Crippen LogP contribution in [0, 0.1) is 11.7 Å². The van der Waals surface area contributed by atoms with E-state index < -0.39 is 0 Å². The third-order valence-corrected chi connectivity index (χ3v) is 3.00. The van der Waals surface area contributed by atoms with Crippen LogP contribution in [0.15, 0.2) is 18.2 Å². The Balaban J connectivity index is 2.98. The average molecular weight is 238 g/mol. The minimum Gasteiger partial charge on any atom is -0.490 e. The van der Waals surface area contributed by atoms with Crippen molar-refractivity contribution < 1.29 is 9.13 Å². The zero-order valence-electron chi connectivity index (χ0n) is 11.7. The van der Waals surface area contributed by atoms with Crippen LogP contribution in [0.25, 0.3) is 0 Å². The Morgan fingerprint density at radius 3 is 2.12 bits per heavy atom. The summed E-state index contributed by atoms with van der Waals surface area (Å²) in [5.41, 5.74) is 0.893. The number of hydrogen-bond acceptors (Lipinski definition) is 1. The van der Waals surface area contributed by atoms with Gasteiger partial charge in [-0.2, -0.15) is 0 Å². The second kappa shape index (κ2) is 5.07. The Hall–Kier alpha value is -1.05. The summed E-state index contributed by atoms with van der Waals surface area (Å²) in [6.07, 6.45) is 0.0876. The molecule has 2 heteroatoms. The van der Waals surface area contributed by atoms with Gasteiger partial charge in [-0.1, -0.05) is 34.6 Å². The smallest absolute Gasteiger partial charge is 0.127 e. The first-order chi connectivity index (χ1) is 7.70. The van der Waals surface area contributed by atoms with E-state index >= 15 is 0 Å². The van der Waals surface area contributed by atoms with Gasteiger partial charge in [-0.25, -0.2) is 4.39 Å². The van der Waals surface area contributed by atoms with Crippen molar-refractivity contribution in [2.75, 3.05) is 0 Å². The van der Waals surface area contributed by atoms with E-state index in [4.69, 9.17) is 4.74 Å². The first-order valence-electron chi connectivity index (χ1n) is 6.18. The lowest BCUT2D eigenvalue weighted by atomic mass is 9.87. The Bertz CT molecular complexity index is 377. The molecule has 1 nitrogen and oxygen atoms in total. The Morgan fingerprint density at radius 2 is 1.65 bits per heavy atom. The quantitative estimate of drug-likeness (QED) is 0.750. The monoisotopic (exact) mass is 238 g/mol. The molecule has 0 spiro atoms. The van der Waals surface area contributed by atoms with E-state index in [0.29, 0.717) is 11.7 Å². The molecule has 0 heterocycles. The topological polar surface area (TPSA) is 9.23 Å². The summed E-state index contributed by atoms with van der Waals surface area (Å²) in [4.78, 5) is 0. The van der Waals surface area contributed by atoms with Crippen molar-refractivity contribution in [1.82, 2.24) is 0 Å². The third-order valence-electron chi connectivity index (χ3n) is 3.00. The lowest BCUT2D eigenvalue weighted by molar-refractivity contribution is 0.169. The van der Waals surface area contributed by atoms with E-state index in [-0.39, 0.29) is 17.3 Å². The largest absolute Gasteiger partial charge is 0.490 e. The molecule has 1 aromatic rings. The minimum absolute atomic E-state index is 0.0682. The fraction of sp³-hybridized carbons (Fsp3) is 0.600. The van der Waals surface area contributed by atoms with Gasteiger partial charge >= 0.3 is 0 Å². The van der Waals surface area contributed by atoms with Gasteiger partial charge in [-0.3, -0.25) is 0 Å². The summed E-state index contributed by atoms with van der Waals surface area (Å²) >= 11 is 0. The van der Waals surface area contributed by atoms with Gasteiger partial charge in [0.25, 0.3) is 0 Å². The standard InChI is InChI=1S/C15H23FO/c1-10(2)11(3)17-14-8-12(15(4,5)6)7-13(16)9-14/h7-11H,1-6H3. The lowest BCUT2D eigenvalue weighted by Crippen LogP contribution is -2.19. The molecule has 0 saturated heterocycles. The normalized spacial score (nSPS) is 13.9. The van der Waals surface area contributed by atoms with Crippen LogP contribution in [0.1, 0.15) is 47.1 Å². The van der Waals surface area contributed by atoms with E-state index in [2.05, 4.69) is 34.6 Å². The molecule has 0 fully saturated rings. The van der Waals surface area contributed by atoms with Gasteiger partial charge in [0, 0.05) is 6.07 Å². The zero-order chi connectivity index (χ0) is 13.2. The molecule has 1 aromatic carbocycles. The maximum absolute atomic E-state index is 13.5. The molecular formula is C15H23FO. The highest BCUT2D eigenvalue weighted by molar-refractivity contribution is 5.33. The molecule has 0 aliphatic rings. The van der Waals surface area contributed by atoms with Crippen molar-refractivity contribution in [1.29, 1.82) is 0 Å².